The first kappa shape index (κ1) is 12.7. The highest BCUT2D eigenvalue weighted by Crippen LogP contribution is 2.54. The standard InChI is InChI=1S/C13H25NO/c1-12(2)7-8-13(3,4)11(12)6-5-10(14)9-15/h5-6,10-11,15H,7-9,14H2,1-4H3. The van der Waals surface area contributed by atoms with Crippen LogP contribution in [0.3, 0.4) is 0 Å². The van der Waals surface area contributed by atoms with Gasteiger partial charge in [-0.25, -0.2) is 0 Å². The monoisotopic (exact) mass is 211 g/mol. The number of hydrogen-bond acceptors (Lipinski definition) is 2. The highest BCUT2D eigenvalue weighted by molar-refractivity contribution is 5.08. The van der Waals surface area contributed by atoms with Gasteiger partial charge in [-0.05, 0) is 29.6 Å². The molecule has 0 aliphatic heterocycles. The number of rotatable bonds is 3. The van der Waals surface area contributed by atoms with Crippen LogP contribution in [0.1, 0.15) is 40.5 Å². The van der Waals surface area contributed by atoms with E-state index in [-0.39, 0.29) is 12.6 Å². The maximum atomic E-state index is 8.89. The molecule has 0 saturated heterocycles. The molecule has 0 amide bonds. The summed E-state index contributed by atoms with van der Waals surface area (Å²) >= 11 is 0. The second kappa shape index (κ2) is 4.26. The van der Waals surface area contributed by atoms with Crippen LogP contribution in [0.15, 0.2) is 12.2 Å². The number of aliphatic hydroxyl groups is 1. The molecule has 15 heavy (non-hydrogen) atoms. The summed E-state index contributed by atoms with van der Waals surface area (Å²) in [5.74, 6) is 0.558. The highest BCUT2D eigenvalue weighted by Gasteiger charge is 2.45. The van der Waals surface area contributed by atoms with E-state index in [2.05, 4.69) is 33.8 Å². The first-order valence-corrected chi connectivity index (χ1v) is 5.84. The first-order chi connectivity index (χ1) is 6.79. The van der Waals surface area contributed by atoms with Crippen molar-refractivity contribution in [3.8, 4) is 0 Å². The third kappa shape index (κ3) is 2.82. The molecule has 0 bridgehead atoms. The third-order valence-electron chi connectivity index (χ3n) is 3.86. The lowest BCUT2D eigenvalue weighted by Crippen LogP contribution is -2.27. The number of hydrogen-bond donors (Lipinski definition) is 2. The van der Waals surface area contributed by atoms with E-state index < -0.39 is 0 Å². The van der Waals surface area contributed by atoms with Crippen molar-refractivity contribution in [3.05, 3.63) is 12.2 Å². The maximum absolute atomic E-state index is 8.89. The van der Waals surface area contributed by atoms with Crippen LogP contribution in [0.5, 0.6) is 0 Å². The van der Waals surface area contributed by atoms with Gasteiger partial charge in [0.15, 0.2) is 0 Å². The first-order valence-electron chi connectivity index (χ1n) is 5.84. The van der Waals surface area contributed by atoms with Gasteiger partial charge >= 0.3 is 0 Å². The minimum absolute atomic E-state index is 0.0318. The Labute approximate surface area is 93.6 Å². The average Bonchev–Trinajstić information content (AvgIpc) is 2.34. The van der Waals surface area contributed by atoms with Gasteiger partial charge in [-0.3, -0.25) is 0 Å². The molecule has 0 aromatic carbocycles. The van der Waals surface area contributed by atoms with E-state index in [1.807, 2.05) is 6.08 Å². The Balaban J connectivity index is 2.77. The van der Waals surface area contributed by atoms with Crippen molar-refractivity contribution in [1.82, 2.24) is 0 Å². The van der Waals surface area contributed by atoms with Gasteiger partial charge in [-0.1, -0.05) is 39.8 Å². The molecular weight excluding hydrogens is 186 g/mol. The van der Waals surface area contributed by atoms with Gasteiger partial charge in [-0.2, -0.15) is 0 Å². The van der Waals surface area contributed by atoms with Crippen molar-refractivity contribution < 1.29 is 5.11 Å². The molecule has 1 unspecified atom stereocenters. The number of allylic oxidation sites excluding steroid dienone is 1. The topological polar surface area (TPSA) is 46.2 Å². The van der Waals surface area contributed by atoms with Crippen molar-refractivity contribution in [2.45, 2.75) is 46.6 Å². The lowest BCUT2D eigenvalue weighted by atomic mass is 9.72. The zero-order chi connectivity index (χ0) is 11.7. The molecule has 1 fully saturated rings. The van der Waals surface area contributed by atoms with Gasteiger partial charge in [-0.15, -0.1) is 0 Å². The van der Waals surface area contributed by atoms with E-state index in [1.54, 1.807) is 0 Å². The molecule has 1 aliphatic carbocycles. The van der Waals surface area contributed by atoms with Crippen molar-refractivity contribution >= 4 is 0 Å². The van der Waals surface area contributed by atoms with Crippen LogP contribution in [-0.2, 0) is 0 Å². The summed E-state index contributed by atoms with van der Waals surface area (Å²) in [7, 11) is 0. The second-order valence-corrected chi connectivity index (χ2v) is 6.19. The predicted octanol–water partition coefficient (Wildman–Crippen LogP) is 2.32. The molecule has 1 aliphatic rings. The molecule has 0 aromatic heterocycles. The summed E-state index contributed by atoms with van der Waals surface area (Å²) < 4.78 is 0. The van der Waals surface area contributed by atoms with Crippen LogP contribution in [0.25, 0.3) is 0 Å². The van der Waals surface area contributed by atoms with Gasteiger partial charge in [0.25, 0.3) is 0 Å². The smallest absolute Gasteiger partial charge is 0.0618 e. The van der Waals surface area contributed by atoms with Gasteiger partial charge in [0.2, 0.25) is 0 Å². The van der Waals surface area contributed by atoms with Gasteiger partial charge in [0, 0.05) is 6.04 Å². The fourth-order valence-corrected chi connectivity index (χ4v) is 2.85. The van der Waals surface area contributed by atoms with E-state index >= 15 is 0 Å². The summed E-state index contributed by atoms with van der Waals surface area (Å²) in [5.41, 5.74) is 6.40. The van der Waals surface area contributed by atoms with Gasteiger partial charge in [0.05, 0.1) is 6.61 Å². The summed E-state index contributed by atoms with van der Waals surface area (Å²) in [6.07, 6.45) is 6.71. The number of nitrogens with two attached hydrogens (primary N) is 1. The number of aliphatic hydroxyl groups excluding tert-OH is 1. The Morgan fingerprint density at radius 1 is 1.27 bits per heavy atom. The molecular formula is C13H25NO. The third-order valence-corrected chi connectivity index (χ3v) is 3.86. The van der Waals surface area contributed by atoms with E-state index in [1.165, 1.54) is 12.8 Å². The average molecular weight is 211 g/mol. The minimum atomic E-state index is -0.211. The molecule has 3 N–H and O–H groups in total. The van der Waals surface area contributed by atoms with Crippen LogP contribution in [0, 0.1) is 16.7 Å². The Bertz CT molecular complexity index is 227. The van der Waals surface area contributed by atoms with Crippen LogP contribution in [-0.4, -0.2) is 17.8 Å². The summed E-state index contributed by atoms with van der Waals surface area (Å²) in [5, 5.41) is 8.89. The molecule has 88 valence electrons. The Kier molecular flexibility index (Phi) is 3.62. The maximum Gasteiger partial charge on any atom is 0.0618 e. The van der Waals surface area contributed by atoms with Crippen LogP contribution in [0.4, 0.5) is 0 Å². The fourth-order valence-electron chi connectivity index (χ4n) is 2.85. The van der Waals surface area contributed by atoms with Crippen molar-refractivity contribution in [2.75, 3.05) is 6.61 Å². The predicted molar refractivity (Wildman–Crippen MR) is 64.5 cm³/mol. The fraction of sp³-hybridized carbons (Fsp3) is 0.846. The molecule has 2 nitrogen and oxygen atoms in total. The van der Waals surface area contributed by atoms with Crippen molar-refractivity contribution in [3.63, 3.8) is 0 Å². The van der Waals surface area contributed by atoms with Crippen molar-refractivity contribution in [2.24, 2.45) is 22.5 Å². The normalized spacial score (nSPS) is 27.3. The Hall–Kier alpha value is -0.340. The van der Waals surface area contributed by atoms with Crippen LogP contribution in [0.2, 0.25) is 0 Å². The van der Waals surface area contributed by atoms with E-state index in [4.69, 9.17) is 10.8 Å². The molecule has 1 atom stereocenters. The second-order valence-electron chi connectivity index (χ2n) is 6.19. The molecule has 1 rings (SSSR count). The molecule has 2 heteroatoms. The molecule has 0 heterocycles. The summed E-state index contributed by atoms with van der Waals surface area (Å²) in [4.78, 5) is 0. The highest BCUT2D eigenvalue weighted by atomic mass is 16.3. The van der Waals surface area contributed by atoms with E-state index in [9.17, 15) is 0 Å². The molecule has 0 aromatic rings. The summed E-state index contributed by atoms with van der Waals surface area (Å²) in [6.45, 7) is 9.31. The van der Waals surface area contributed by atoms with E-state index in [0.29, 0.717) is 16.7 Å². The van der Waals surface area contributed by atoms with Crippen LogP contribution < -0.4 is 5.73 Å². The van der Waals surface area contributed by atoms with Gasteiger partial charge in [0.1, 0.15) is 0 Å². The quantitative estimate of drug-likeness (QED) is 0.704. The minimum Gasteiger partial charge on any atom is -0.394 e. The SMILES string of the molecule is CC1(C)CCC(C)(C)C1C=CC(N)CO. The van der Waals surface area contributed by atoms with E-state index in [0.717, 1.165) is 0 Å². The van der Waals surface area contributed by atoms with Crippen molar-refractivity contribution in [1.29, 1.82) is 0 Å². The molecule has 0 radical (unpaired) electrons. The Morgan fingerprint density at radius 2 is 1.73 bits per heavy atom. The zero-order valence-electron chi connectivity index (χ0n) is 10.5. The van der Waals surface area contributed by atoms with Crippen LogP contribution >= 0.6 is 0 Å². The van der Waals surface area contributed by atoms with Gasteiger partial charge < -0.3 is 10.8 Å². The Morgan fingerprint density at radius 3 is 2.13 bits per heavy atom. The largest absolute Gasteiger partial charge is 0.394 e. The lowest BCUT2D eigenvalue weighted by molar-refractivity contribution is 0.208. The zero-order valence-corrected chi connectivity index (χ0v) is 10.5. The molecule has 1 saturated carbocycles. The summed E-state index contributed by atoms with van der Waals surface area (Å²) in [6, 6.07) is -0.211. The molecule has 0 spiro atoms. The lowest BCUT2D eigenvalue weighted by Gasteiger charge is -2.33.